The fourth-order valence-corrected chi connectivity index (χ4v) is 4.08. The molecule has 150 valence electrons. The van der Waals surface area contributed by atoms with Crippen molar-refractivity contribution in [3.05, 3.63) is 70.4 Å². The second-order valence-electron chi connectivity index (χ2n) is 7.82. The van der Waals surface area contributed by atoms with Crippen LogP contribution in [0.4, 0.5) is 0 Å². The number of likely N-dealkylation sites (N-methyl/N-ethyl adjacent to an activating group) is 1. The molecule has 3 aromatic rings. The Hall–Kier alpha value is -2.79. The standard InChI is InChI=1S/C23H23ClN2O3/c1-15-18-6-4-5-7-19(18)29-20(15)21(27)26-13-12-23(26,2)22(28)25(3)14-16-8-10-17(24)11-9-16/h4-11H,12-14H2,1-3H3. The Morgan fingerprint density at radius 2 is 1.86 bits per heavy atom. The number of aryl methyl sites for hydroxylation is 1. The third-order valence-electron chi connectivity index (χ3n) is 5.84. The van der Waals surface area contributed by atoms with Crippen LogP contribution in [0.2, 0.25) is 5.02 Å². The normalized spacial score (nSPS) is 18.6. The van der Waals surface area contributed by atoms with E-state index in [0.717, 1.165) is 16.5 Å². The summed E-state index contributed by atoms with van der Waals surface area (Å²) in [5.41, 5.74) is 1.60. The summed E-state index contributed by atoms with van der Waals surface area (Å²) in [6.45, 7) is 4.70. The van der Waals surface area contributed by atoms with Gasteiger partial charge in [0.15, 0.2) is 5.76 Å². The lowest BCUT2D eigenvalue weighted by Crippen LogP contribution is -2.67. The molecule has 1 aromatic heterocycles. The summed E-state index contributed by atoms with van der Waals surface area (Å²) in [5.74, 6) is -0.00761. The molecule has 29 heavy (non-hydrogen) atoms. The van der Waals surface area contributed by atoms with Crippen LogP contribution in [0.15, 0.2) is 52.9 Å². The fraction of sp³-hybridized carbons (Fsp3) is 0.304. The lowest BCUT2D eigenvalue weighted by molar-refractivity contribution is -0.148. The third kappa shape index (κ3) is 3.29. The molecule has 0 radical (unpaired) electrons. The molecule has 2 aromatic carbocycles. The first-order valence-corrected chi connectivity index (χ1v) is 9.99. The van der Waals surface area contributed by atoms with Gasteiger partial charge in [-0.2, -0.15) is 0 Å². The average Bonchev–Trinajstić information content (AvgIpc) is 3.04. The minimum Gasteiger partial charge on any atom is -0.451 e. The number of hydrogen-bond donors (Lipinski definition) is 0. The average molecular weight is 411 g/mol. The Labute approximate surface area is 174 Å². The number of halogens is 1. The van der Waals surface area contributed by atoms with Crippen molar-refractivity contribution < 1.29 is 14.0 Å². The van der Waals surface area contributed by atoms with Gasteiger partial charge in [0.1, 0.15) is 11.1 Å². The van der Waals surface area contributed by atoms with E-state index in [-0.39, 0.29) is 11.8 Å². The lowest BCUT2D eigenvalue weighted by atomic mass is 9.84. The van der Waals surface area contributed by atoms with Gasteiger partial charge in [0.25, 0.3) is 5.91 Å². The zero-order chi connectivity index (χ0) is 20.8. The summed E-state index contributed by atoms with van der Waals surface area (Å²) in [7, 11) is 1.76. The summed E-state index contributed by atoms with van der Waals surface area (Å²) >= 11 is 5.94. The second kappa shape index (κ2) is 7.23. The van der Waals surface area contributed by atoms with Crippen LogP contribution in [0.25, 0.3) is 11.0 Å². The number of nitrogens with zero attached hydrogens (tertiary/aromatic N) is 2. The molecule has 0 bridgehead atoms. The molecule has 0 spiro atoms. The molecule has 4 rings (SSSR count). The summed E-state index contributed by atoms with van der Waals surface area (Å²) in [6.07, 6.45) is 0.627. The Kier molecular flexibility index (Phi) is 4.87. The van der Waals surface area contributed by atoms with Gasteiger partial charge < -0.3 is 14.2 Å². The van der Waals surface area contributed by atoms with E-state index in [1.807, 2.05) is 50.2 Å². The second-order valence-corrected chi connectivity index (χ2v) is 8.26. The number of amides is 2. The van der Waals surface area contributed by atoms with E-state index in [9.17, 15) is 9.59 Å². The Bertz CT molecular complexity index is 1090. The van der Waals surface area contributed by atoms with Crippen LogP contribution in [0, 0.1) is 6.92 Å². The van der Waals surface area contributed by atoms with Crippen molar-refractivity contribution in [3.8, 4) is 0 Å². The van der Waals surface area contributed by atoms with Crippen molar-refractivity contribution >= 4 is 34.4 Å². The molecule has 1 aliphatic rings. The highest BCUT2D eigenvalue weighted by molar-refractivity contribution is 6.30. The Balaban J connectivity index is 1.54. The van der Waals surface area contributed by atoms with Crippen LogP contribution in [0.5, 0.6) is 0 Å². The molecule has 5 nitrogen and oxygen atoms in total. The molecule has 6 heteroatoms. The Morgan fingerprint density at radius 3 is 2.48 bits per heavy atom. The topological polar surface area (TPSA) is 53.8 Å². The van der Waals surface area contributed by atoms with Gasteiger partial charge in [-0.05, 0) is 44.0 Å². The van der Waals surface area contributed by atoms with Gasteiger partial charge in [-0.25, -0.2) is 0 Å². The number of carbonyl (C=O) groups excluding carboxylic acids is 2. The highest BCUT2D eigenvalue weighted by Crippen LogP contribution is 2.36. The molecule has 0 aliphatic carbocycles. The first kappa shape index (κ1) is 19.5. The van der Waals surface area contributed by atoms with Crippen LogP contribution < -0.4 is 0 Å². The molecule has 1 aliphatic heterocycles. The van der Waals surface area contributed by atoms with Crippen molar-refractivity contribution in [1.82, 2.24) is 9.80 Å². The number of benzene rings is 2. The van der Waals surface area contributed by atoms with E-state index in [1.165, 1.54) is 0 Å². The predicted octanol–water partition coefficient (Wildman–Crippen LogP) is 4.66. The fourth-order valence-electron chi connectivity index (χ4n) is 3.95. The van der Waals surface area contributed by atoms with Gasteiger partial charge in [0.05, 0.1) is 0 Å². The maximum atomic E-state index is 13.2. The van der Waals surface area contributed by atoms with E-state index in [2.05, 4.69) is 0 Å². The number of carbonyl (C=O) groups is 2. The number of para-hydroxylation sites is 1. The van der Waals surface area contributed by atoms with E-state index >= 15 is 0 Å². The molecule has 0 N–H and O–H groups in total. The largest absolute Gasteiger partial charge is 0.451 e. The van der Waals surface area contributed by atoms with Crippen molar-refractivity contribution in [2.75, 3.05) is 13.6 Å². The lowest BCUT2D eigenvalue weighted by Gasteiger charge is -2.50. The summed E-state index contributed by atoms with van der Waals surface area (Å²) in [4.78, 5) is 29.7. The monoisotopic (exact) mass is 410 g/mol. The van der Waals surface area contributed by atoms with E-state index < -0.39 is 5.54 Å². The minimum absolute atomic E-state index is 0.0826. The molecule has 0 saturated carbocycles. The van der Waals surface area contributed by atoms with Gasteiger partial charge in [0, 0.05) is 36.1 Å². The maximum Gasteiger partial charge on any atom is 0.290 e. The SMILES string of the molecule is Cc1c(C(=O)N2CCC2(C)C(=O)N(C)Cc2ccc(Cl)cc2)oc2ccccc12. The first-order chi connectivity index (χ1) is 13.8. The zero-order valence-electron chi connectivity index (χ0n) is 16.7. The molecular weight excluding hydrogens is 388 g/mol. The maximum absolute atomic E-state index is 13.2. The van der Waals surface area contributed by atoms with Gasteiger partial charge in [0.2, 0.25) is 5.91 Å². The molecule has 2 amide bonds. The molecule has 1 atom stereocenters. The van der Waals surface area contributed by atoms with Crippen LogP contribution in [0.1, 0.15) is 35.0 Å². The van der Waals surface area contributed by atoms with Gasteiger partial charge in [-0.1, -0.05) is 41.9 Å². The van der Waals surface area contributed by atoms with Gasteiger partial charge in [-0.15, -0.1) is 0 Å². The summed E-state index contributed by atoms with van der Waals surface area (Å²) < 4.78 is 5.83. The predicted molar refractivity (Wildman–Crippen MR) is 113 cm³/mol. The van der Waals surface area contributed by atoms with E-state index in [1.54, 1.807) is 29.0 Å². The number of furan rings is 1. The number of hydrogen-bond acceptors (Lipinski definition) is 3. The molecule has 1 saturated heterocycles. The highest BCUT2D eigenvalue weighted by atomic mass is 35.5. The van der Waals surface area contributed by atoms with Crippen LogP contribution >= 0.6 is 11.6 Å². The van der Waals surface area contributed by atoms with Crippen LogP contribution in [-0.2, 0) is 11.3 Å². The van der Waals surface area contributed by atoms with E-state index in [0.29, 0.717) is 35.9 Å². The zero-order valence-corrected chi connectivity index (χ0v) is 17.5. The summed E-state index contributed by atoms with van der Waals surface area (Å²) in [6, 6.07) is 15.0. The number of fused-ring (bicyclic) bond motifs is 1. The van der Waals surface area contributed by atoms with Crippen LogP contribution in [0.3, 0.4) is 0 Å². The number of likely N-dealkylation sites (tertiary alicyclic amines) is 1. The smallest absolute Gasteiger partial charge is 0.290 e. The summed E-state index contributed by atoms with van der Waals surface area (Å²) in [5, 5.41) is 1.58. The van der Waals surface area contributed by atoms with Crippen molar-refractivity contribution in [2.24, 2.45) is 0 Å². The van der Waals surface area contributed by atoms with Gasteiger partial charge >= 0.3 is 0 Å². The molecule has 1 fully saturated rings. The quantitative estimate of drug-likeness (QED) is 0.628. The highest BCUT2D eigenvalue weighted by Gasteiger charge is 2.51. The third-order valence-corrected chi connectivity index (χ3v) is 6.09. The van der Waals surface area contributed by atoms with Crippen molar-refractivity contribution in [3.63, 3.8) is 0 Å². The van der Waals surface area contributed by atoms with Crippen LogP contribution in [-0.4, -0.2) is 40.7 Å². The Morgan fingerprint density at radius 1 is 1.17 bits per heavy atom. The van der Waals surface area contributed by atoms with Gasteiger partial charge in [-0.3, -0.25) is 9.59 Å². The number of rotatable bonds is 4. The first-order valence-electron chi connectivity index (χ1n) is 9.61. The molecular formula is C23H23ClN2O3. The van der Waals surface area contributed by atoms with Crippen molar-refractivity contribution in [1.29, 1.82) is 0 Å². The van der Waals surface area contributed by atoms with E-state index in [4.69, 9.17) is 16.0 Å². The molecule has 1 unspecified atom stereocenters. The molecule has 2 heterocycles. The van der Waals surface area contributed by atoms with Crippen molar-refractivity contribution in [2.45, 2.75) is 32.4 Å². The minimum atomic E-state index is -0.871.